The second-order valence-electron chi connectivity index (χ2n) is 6.75. The highest BCUT2D eigenvalue weighted by atomic mass is 16.5. The van der Waals surface area contributed by atoms with E-state index in [1.165, 1.54) is 5.56 Å². The van der Waals surface area contributed by atoms with Crippen molar-refractivity contribution >= 4 is 0 Å². The zero-order valence-electron chi connectivity index (χ0n) is 15.1. The van der Waals surface area contributed by atoms with Crippen molar-refractivity contribution in [3.05, 3.63) is 35.3 Å². The van der Waals surface area contributed by atoms with E-state index in [0.29, 0.717) is 18.0 Å². The minimum atomic E-state index is 0.301. The molecular weight excluding hydrogens is 304 g/mol. The first kappa shape index (κ1) is 16.9. The van der Waals surface area contributed by atoms with Gasteiger partial charge in [-0.3, -0.25) is 4.90 Å². The third-order valence-corrected chi connectivity index (χ3v) is 4.81. The summed E-state index contributed by atoms with van der Waals surface area (Å²) in [6, 6.07) is 2.85. The molecule has 7 heteroatoms. The van der Waals surface area contributed by atoms with Gasteiger partial charge in [-0.1, -0.05) is 5.21 Å². The molecule has 0 N–H and O–H groups in total. The number of hydrogen-bond donors (Lipinski definition) is 0. The maximum atomic E-state index is 5.38. The van der Waals surface area contributed by atoms with Crippen molar-refractivity contribution in [2.45, 2.75) is 32.5 Å². The van der Waals surface area contributed by atoms with Crippen LogP contribution in [-0.4, -0.2) is 70.1 Å². The summed E-state index contributed by atoms with van der Waals surface area (Å²) in [5.74, 6) is 0.715. The predicted molar refractivity (Wildman–Crippen MR) is 92.1 cm³/mol. The van der Waals surface area contributed by atoms with Crippen LogP contribution in [0.5, 0.6) is 5.88 Å². The molecule has 0 aromatic carbocycles. The Balaban J connectivity index is 1.79. The van der Waals surface area contributed by atoms with E-state index in [4.69, 9.17) is 9.72 Å². The highest BCUT2D eigenvalue weighted by Crippen LogP contribution is 2.27. The van der Waals surface area contributed by atoms with Crippen molar-refractivity contribution in [2.75, 3.05) is 34.3 Å². The van der Waals surface area contributed by atoms with Crippen LogP contribution in [0, 0.1) is 13.8 Å². The van der Waals surface area contributed by atoms with Gasteiger partial charge in [0.15, 0.2) is 0 Å². The number of aryl methyl sites for hydroxylation is 2. The highest BCUT2D eigenvalue weighted by molar-refractivity contribution is 5.32. The molecule has 0 bridgehead atoms. The molecule has 2 atom stereocenters. The summed E-state index contributed by atoms with van der Waals surface area (Å²) in [5.41, 5.74) is 3.36. The molecule has 1 fully saturated rings. The molecule has 130 valence electrons. The number of aromatic nitrogens is 4. The third kappa shape index (κ3) is 3.27. The van der Waals surface area contributed by atoms with Gasteiger partial charge in [0.2, 0.25) is 5.88 Å². The van der Waals surface area contributed by atoms with Crippen molar-refractivity contribution in [2.24, 2.45) is 0 Å². The molecule has 0 amide bonds. The molecule has 0 radical (unpaired) electrons. The Labute approximate surface area is 143 Å². The van der Waals surface area contributed by atoms with Gasteiger partial charge in [-0.15, -0.1) is 5.10 Å². The first-order valence-electron chi connectivity index (χ1n) is 8.25. The van der Waals surface area contributed by atoms with E-state index in [9.17, 15) is 0 Å². The van der Waals surface area contributed by atoms with Crippen LogP contribution in [0.1, 0.15) is 22.9 Å². The van der Waals surface area contributed by atoms with Crippen LogP contribution in [0.15, 0.2) is 18.5 Å². The maximum Gasteiger partial charge on any atom is 0.216 e. The average Bonchev–Trinajstić information content (AvgIpc) is 3.19. The van der Waals surface area contributed by atoms with E-state index in [0.717, 1.165) is 30.9 Å². The monoisotopic (exact) mass is 330 g/mol. The van der Waals surface area contributed by atoms with Gasteiger partial charge in [0.25, 0.3) is 0 Å². The van der Waals surface area contributed by atoms with Crippen molar-refractivity contribution in [3.63, 3.8) is 0 Å². The van der Waals surface area contributed by atoms with Gasteiger partial charge >= 0.3 is 0 Å². The molecule has 0 spiro atoms. The van der Waals surface area contributed by atoms with E-state index in [1.54, 1.807) is 13.3 Å². The number of nitrogens with zero attached hydrogens (tertiary/aromatic N) is 6. The van der Waals surface area contributed by atoms with E-state index < -0.39 is 0 Å². The zero-order chi connectivity index (χ0) is 17.3. The standard InChI is InChI=1S/C17H26N6O/c1-12-8-13(2)17(24-5)19-14(12)9-22-10-15(21(3)4)16(11-22)23-7-6-18-20-23/h6-8,15-16H,9-11H2,1-5H3/t15-,16+/m1/s1. The topological polar surface area (TPSA) is 59.3 Å². The lowest BCUT2D eigenvalue weighted by molar-refractivity contribution is 0.237. The average molecular weight is 330 g/mol. The minimum absolute atomic E-state index is 0.301. The van der Waals surface area contributed by atoms with Gasteiger partial charge in [0, 0.05) is 37.4 Å². The SMILES string of the molecule is COc1nc(CN2C[C@@H](N(C)C)[C@@H](n3ccnn3)C2)c(C)cc1C. The fourth-order valence-electron chi connectivity index (χ4n) is 3.48. The summed E-state index contributed by atoms with van der Waals surface area (Å²) in [5, 5.41) is 8.17. The zero-order valence-corrected chi connectivity index (χ0v) is 15.1. The summed E-state index contributed by atoms with van der Waals surface area (Å²) in [4.78, 5) is 9.40. The van der Waals surface area contributed by atoms with Gasteiger partial charge in [0.1, 0.15) is 0 Å². The second-order valence-corrected chi connectivity index (χ2v) is 6.75. The molecule has 0 unspecified atom stereocenters. The Bertz CT molecular complexity index is 685. The molecule has 24 heavy (non-hydrogen) atoms. The fourth-order valence-corrected chi connectivity index (χ4v) is 3.48. The molecule has 7 nitrogen and oxygen atoms in total. The van der Waals surface area contributed by atoms with Crippen LogP contribution in [0.2, 0.25) is 0 Å². The van der Waals surface area contributed by atoms with E-state index >= 15 is 0 Å². The van der Waals surface area contributed by atoms with Crippen molar-refractivity contribution < 1.29 is 4.74 Å². The van der Waals surface area contributed by atoms with E-state index in [1.807, 2.05) is 17.8 Å². The van der Waals surface area contributed by atoms with Gasteiger partial charge in [-0.2, -0.15) is 0 Å². The first-order valence-corrected chi connectivity index (χ1v) is 8.25. The van der Waals surface area contributed by atoms with Gasteiger partial charge in [0.05, 0.1) is 25.0 Å². The lowest BCUT2D eigenvalue weighted by Gasteiger charge is -2.24. The Kier molecular flexibility index (Phi) is 4.82. The molecule has 1 aliphatic rings. The molecule has 1 aliphatic heterocycles. The minimum Gasteiger partial charge on any atom is -0.481 e. The van der Waals surface area contributed by atoms with Crippen LogP contribution in [0.25, 0.3) is 0 Å². The number of pyridine rings is 1. The predicted octanol–water partition coefficient (Wildman–Crippen LogP) is 1.29. The molecular formula is C17H26N6O. The van der Waals surface area contributed by atoms with Crippen LogP contribution >= 0.6 is 0 Å². The quantitative estimate of drug-likeness (QED) is 0.823. The third-order valence-electron chi connectivity index (χ3n) is 4.81. The molecule has 2 aromatic heterocycles. The van der Waals surface area contributed by atoms with Crippen molar-refractivity contribution in [1.82, 2.24) is 29.8 Å². The van der Waals surface area contributed by atoms with Crippen LogP contribution < -0.4 is 4.74 Å². The largest absolute Gasteiger partial charge is 0.481 e. The van der Waals surface area contributed by atoms with Gasteiger partial charge < -0.3 is 9.64 Å². The lowest BCUT2D eigenvalue weighted by atomic mass is 10.1. The molecule has 1 saturated heterocycles. The Morgan fingerprint density at radius 3 is 2.67 bits per heavy atom. The van der Waals surface area contributed by atoms with Crippen molar-refractivity contribution in [3.8, 4) is 5.88 Å². The molecule has 3 heterocycles. The van der Waals surface area contributed by atoms with Crippen LogP contribution in [0.4, 0.5) is 0 Å². The number of methoxy groups -OCH3 is 1. The number of likely N-dealkylation sites (N-methyl/N-ethyl adjacent to an activating group) is 1. The summed E-state index contributed by atoms with van der Waals surface area (Å²) in [6.07, 6.45) is 3.69. The Hall–Kier alpha value is -1.99. The van der Waals surface area contributed by atoms with Crippen LogP contribution in [-0.2, 0) is 6.54 Å². The number of ether oxygens (including phenoxy) is 1. The van der Waals surface area contributed by atoms with Gasteiger partial charge in [-0.25, -0.2) is 9.67 Å². The number of hydrogen-bond acceptors (Lipinski definition) is 6. The van der Waals surface area contributed by atoms with E-state index in [-0.39, 0.29) is 0 Å². The second kappa shape index (κ2) is 6.86. The fraction of sp³-hybridized carbons (Fsp3) is 0.588. The Morgan fingerprint density at radius 1 is 1.25 bits per heavy atom. The van der Waals surface area contributed by atoms with E-state index in [2.05, 4.69) is 47.2 Å². The maximum absolute atomic E-state index is 5.38. The first-order chi connectivity index (χ1) is 11.5. The summed E-state index contributed by atoms with van der Waals surface area (Å²) >= 11 is 0. The lowest BCUT2D eigenvalue weighted by Crippen LogP contribution is -2.36. The number of likely N-dealkylation sites (tertiary alicyclic amines) is 1. The molecule has 3 rings (SSSR count). The van der Waals surface area contributed by atoms with Crippen LogP contribution in [0.3, 0.4) is 0 Å². The van der Waals surface area contributed by atoms with Crippen molar-refractivity contribution in [1.29, 1.82) is 0 Å². The normalized spacial score (nSPS) is 21.6. The summed E-state index contributed by atoms with van der Waals surface area (Å²) in [6.45, 7) is 6.88. The number of rotatable bonds is 5. The highest BCUT2D eigenvalue weighted by Gasteiger charge is 2.36. The molecule has 0 saturated carbocycles. The molecule has 2 aromatic rings. The van der Waals surface area contributed by atoms with Gasteiger partial charge in [-0.05, 0) is 39.6 Å². The summed E-state index contributed by atoms with van der Waals surface area (Å²) < 4.78 is 7.36. The summed E-state index contributed by atoms with van der Waals surface area (Å²) in [7, 11) is 5.92. The Morgan fingerprint density at radius 2 is 2.04 bits per heavy atom. The molecule has 0 aliphatic carbocycles. The smallest absolute Gasteiger partial charge is 0.216 e.